The van der Waals surface area contributed by atoms with Crippen LogP contribution < -0.4 is 10.6 Å². The summed E-state index contributed by atoms with van der Waals surface area (Å²) in [5, 5.41) is 5.50. The van der Waals surface area contributed by atoms with Gasteiger partial charge in [0.2, 0.25) is 0 Å². The fourth-order valence-electron chi connectivity index (χ4n) is 2.05. The van der Waals surface area contributed by atoms with E-state index >= 15 is 0 Å². The lowest BCUT2D eigenvalue weighted by atomic mass is 10.1. The summed E-state index contributed by atoms with van der Waals surface area (Å²) >= 11 is 0. The van der Waals surface area contributed by atoms with Gasteiger partial charge in [-0.05, 0) is 49.2 Å². The molecule has 5 heteroatoms. The topological polar surface area (TPSA) is 58.2 Å². The quantitative estimate of drug-likeness (QED) is 0.911. The number of carbonyl (C=O) groups excluding carboxylic acids is 2. The Hall–Kier alpha value is -2.69. The van der Waals surface area contributed by atoms with Crippen molar-refractivity contribution in [3.05, 3.63) is 65.5 Å². The van der Waals surface area contributed by atoms with Crippen molar-refractivity contribution in [1.29, 1.82) is 0 Å². The van der Waals surface area contributed by atoms with Gasteiger partial charge >= 0.3 is 0 Å². The molecule has 0 radical (unpaired) electrons. The summed E-state index contributed by atoms with van der Waals surface area (Å²) in [6.45, 7) is 0. The fourth-order valence-corrected chi connectivity index (χ4v) is 2.05. The summed E-state index contributed by atoms with van der Waals surface area (Å²) in [7, 11) is 0. The Kier molecular flexibility index (Phi) is 3.87. The summed E-state index contributed by atoms with van der Waals surface area (Å²) in [5.41, 5.74) is 1.03. The van der Waals surface area contributed by atoms with Gasteiger partial charge in [-0.3, -0.25) is 9.59 Å². The number of hydrogen-bond donors (Lipinski definition) is 2. The molecule has 0 aliphatic heterocycles. The number of benzene rings is 2. The van der Waals surface area contributed by atoms with Gasteiger partial charge in [-0.15, -0.1) is 0 Å². The van der Waals surface area contributed by atoms with Gasteiger partial charge in [-0.2, -0.15) is 0 Å². The van der Waals surface area contributed by atoms with Crippen LogP contribution in [0.15, 0.2) is 48.5 Å². The third-order valence-electron chi connectivity index (χ3n) is 3.44. The van der Waals surface area contributed by atoms with E-state index in [1.807, 2.05) is 0 Å². The van der Waals surface area contributed by atoms with Gasteiger partial charge in [0.05, 0.1) is 5.56 Å². The number of rotatable bonds is 4. The highest BCUT2D eigenvalue weighted by atomic mass is 19.1. The van der Waals surface area contributed by atoms with Crippen molar-refractivity contribution in [3.63, 3.8) is 0 Å². The van der Waals surface area contributed by atoms with Crippen LogP contribution in [-0.4, -0.2) is 17.9 Å². The van der Waals surface area contributed by atoms with E-state index in [1.54, 1.807) is 30.3 Å². The lowest BCUT2D eigenvalue weighted by Crippen LogP contribution is -2.25. The molecule has 0 heterocycles. The average Bonchev–Trinajstić information content (AvgIpc) is 3.32. The van der Waals surface area contributed by atoms with E-state index in [0.717, 1.165) is 12.8 Å². The lowest BCUT2D eigenvalue weighted by Gasteiger charge is -2.07. The number of nitrogens with one attached hydrogen (secondary N) is 2. The summed E-state index contributed by atoms with van der Waals surface area (Å²) in [6.07, 6.45) is 2.06. The molecule has 4 nitrogen and oxygen atoms in total. The SMILES string of the molecule is O=C(NC1CC1)c1ccc(NC(=O)c2ccccc2F)cc1. The highest BCUT2D eigenvalue weighted by Crippen LogP contribution is 2.20. The van der Waals surface area contributed by atoms with Gasteiger partial charge in [-0.25, -0.2) is 4.39 Å². The van der Waals surface area contributed by atoms with Gasteiger partial charge in [0.1, 0.15) is 5.82 Å². The van der Waals surface area contributed by atoms with Crippen LogP contribution in [0.5, 0.6) is 0 Å². The Morgan fingerprint density at radius 1 is 0.955 bits per heavy atom. The molecule has 3 rings (SSSR count). The molecule has 2 aromatic rings. The van der Waals surface area contributed by atoms with Crippen molar-refractivity contribution < 1.29 is 14.0 Å². The molecule has 1 fully saturated rings. The largest absolute Gasteiger partial charge is 0.349 e. The molecule has 0 saturated heterocycles. The number of amides is 2. The van der Waals surface area contributed by atoms with Crippen LogP contribution in [0, 0.1) is 5.82 Å². The first-order valence-electron chi connectivity index (χ1n) is 7.10. The van der Waals surface area contributed by atoms with Gasteiger partial charge in [-0.1, -0.05) is 12.1 Å². The fraction of sp³-hybridized carbons (Fsp3) is 0.176. The summed E-state index contributed by atoms with van der Waals surface area (Å²) in [4.78, 5) is 23.8. The third kappa shape index (κ3) is 3.31. The van der Waals surface area contributed by atoms with E-state index in [-0.39, 0.29) is 11.5 Å². The minimum atomic E-state index is -0.569. The van der Waals surface area contributed by atoms with E-state index in [1.165, 1.54) is 18.2 Å². The van der Waals surface area contributed by atoms with Crippen LogP contribution in [0.4, 0.5) is 10.1 Å². The zero-order chi connectivity index (χ0) is 15.5. The predicted molar refractivity (Wildman–Crippen MR) is 81.3 cm³/mol. The van der Waals surface area contributed by atoms with E-state index in [0.29, 0.717) is 17.3 Å². The van der Waals surface area contributed by atoms with Crippen LogP contribution >= 0.6 is 0 Å². The first kappa shape index (κ1) is 14.3. The highest BCUT2D eigenvalue weighted by Gasteiger charge is 2.23. The van der Waals surface area contributed by atoms with Gasteiger partial charge < -0.3 is 10.6 Å². The van der Waals surface area contributed by atoms with Crippen molar-refractivity contribution in [2.24, 2.45) is 0 Å². The first-order chi connectivity index (χ1) is 10.6. The number of halogens is 1. The molecule has 0 aromatic heterocycles. The maximum atomic E-state index is 13.5. The second kappa shape index (κ2) is 5.97. The number of hydrogen-bond acceptors (Lipinski definition) is 2. The minimum Gasteiger partial charge on any atom is -0.349 e. The molecule has 1 saturated carbocycles. The van der Waals surface area contributed by atoms with Gasteiger partial charge in [0.15, 0.2) is 0 Å². The zero-order valence-corrected chi connectivity index (χ0v) is 11.8. The molecule has 1 aliphatic rings. The monoisotopic (exact) mass is 298 g/mol. The normalized spacial score (nSPS) is 13.5. The lowest BCUT2D eigenvalue weighted by molar-refractivity contribution is 0.0950. The minimum absolute atomic E-state index is 0.0157. The average molecular weight is 298 g/mol. The Balaban J connectivity index is 1.66. The molecule has 2 N–H and O–H groups in total. The highest BCUT2D eigenvalue weighted by molar-refractivity contribution is 6.04. The van der Waals surface area contributed by atoms with E-state index < -0.39 is 11.7 Å². The molecule has 22 heavy (non-hydrogen) atoms. The van der Waals surface area contributed by atoms with Crippen molar-refractivity contribution in [2.75, 3.05) is 5.32 Å². The van der Waals surface area contributed by atoms with Crippen molar-refractivity contribution >= 4 is 17.5 Å². The van der Waals surface area contributed by atoms with Crippen molar-refractivity contribution in [3.8, 4) is 0 Å². The Morgan fingerprint density at radius 2 is 1.64 bits per heavy atom. The van der Waals surface area contributed by atoms with Crippen LogP contribution in [0.25, 0.3) is 0 Å². The van der Waals surface area contributed by atoms with Gasteiger partial charge in [0.25, 0.3) is 11.8 Å². The maximum absolute atomic E-state index is 13.5. The molecule has 0 spiro atoms. The molecular weight excluding hydrogens is 283 g/mol. The second-order valence-electron chi connectivity index (χ2n) is 5.26. The second-order valence-corrected chi connectivity index (χ2v) is 5.26. The molecule has 0 atom stereocenters. The van der Waals surface area contributed by atoms with E-state index in [2.05, 4.69) is 10.6 Å². The molecule has 2 amide bonds. The van der Waals surface area contributed by atoms with Crippen molar-refractivity contribution in [1.82, 2.24) is 5.32 Å². The molecule has 2 aromatic carbocycles. The Bertz CT molecular complexity index is 709. The molecule has 0 unspecified atom stereocenters. The molecule has 112 valence electrons. The standard InChI is InChI=1S/C17H15FN2O2/c18-15-4-2-1-3-14(15)17(22)20-12-7-5-11(6-8-12)16(21)19-13-9-10-13/h1-8,13H,9-10H2,(H,19,21)(H,20,22). The van der Waals surface area contributed by atoms with Crippen LogP contribution in [0.1, 0.15) is 33.6 Å². The summed E-state index contributed by atoms with van der Waals surface area (Å²) in [6, 6.07) is 12.6. The zero-order valence-electron chi connectivity index (χ0n) is 11.8. The summed E-state index contributed by atoms with van der Waals surface area (Å²) < 4.78 is 13.5. The molecule has 1 aliphatic carbocycles. The van der Waals surface area contributed by atoms with Gasteiger partial charge in [0, 0.05) is 17.3 Å². The van der Waals surface area contributed by atoms with Crippen LogP contribution in [0.3, 0.4) is 0 Å². The van der Waals surface area contributed by atoms with Crippen LogP contribution in [-0.2, 0) is 0 Å². The van der Waals surface area contributed by atoms with E-state index in [4.69, 9.17) is 0 Å². The third-order valence-corrected chi connectivity index (χ3v) is 3.44. The number of carbonyl (C=O) groups is 2. The predicted octanol–water partition coefficient (Wildman–Crippen LogP) is 2.97. The maximum Gasteiger partial charge on any atom is 0.258 e. The van der Waals surface area contributed by atoms with Crippen molar-refractivity contribution in [2.45, 2.75) is 18.9 Å². The Labute approximate surface area is 127 Å². The number of anilines is 1. The Morgan fingerprint density at radius 3 is 2.27 bits per heavy atom. The molecule has 0 bridgehead atoms. The smallest absolute Gasteiger partial charge is 0.258 e. The van der Waals surface area contributed by atoms with E-state index in [9.17, 15) is 14.0 Å². The molecular formula is C17H15FN2O2. The first-order valence-corrected chi connectivity index (χ1v) is 7.10. The van der Waals surface area contributed by atoms with Crippen LogP contribution in [0.2, 0.25) is 0 Å². The summed E-state index contributed by atoms with van der Waals surface area (Å²) in [5.74, 6) is -1.21.